The minimum absolute atomic E-state index is 0.0998. The highest BCUT2D eigenvalue weighted by Crippen LogP contribution is 2.13. The molecular formula is C52H86O6. The molecule has 0 aromatic heterocycles. The van der Waals surface area contributed by atoms with Crippen molar-refractivity contribution >= 4 is 17.9 Å². The molecular weight excluding hydrogens is 721 g/mol. The van der Waals surface area contributed by atoms with E-state index in [1.54, 1.807) is 0 Å². The highest BCUT2D eigenvalue weighted by atomic mass is 16.6. The predicted molar refractivity (Wildman–Crippen MR) is 247 cm³/mol. The van der Waals surface area contributed by atoms with Gasteiger partial charge < -0.3 is 14.2 Å². The summed E-state index contributed by atoms with van der Waals surface area (Å²) in [5.74, 6) is -0.984. The third-order valence-corrected chi connectivity index (χ3v) is 9.63. The van der Waals surface area contributed by atoms with E-state index in [4.69, 9.17) is 14.2 Å². The van der Waals surface area contributed by atoms with Crippen molar-refractivity contribution in [1.82, 2.24) is 0 Å². The lowest BCUT2D eigenvalue weighted by molar-refractivity contribution is -0.167. The SMILES string of the molecule is CC/C=C\C/C=C\C/C=C\C/C=C\C/C=C\CCCC(=O)OCC(COC(=O)CCCCCCCCCCC)OC(=O)CCCCCCC/C=C\C/C=C\CCCC. The summed E-state index contributed by atoms with van der Waals surface area (Å²) in [4.78, 5) is 37.7. The molecule has 0 aromatic rings. The van der Waals surface area contributed by atoms with Gasteiger partial charge in [-0.05, 0) is 83.5 Å². The zero-order valence-corrected chi connectivity index (χ0v) is 37.5. The monoisotopic (exact) mass is 807 g/mol. The maximum Gasteiger partial charge on any atom is 0.306 e. The summed E-state index contributed by atoms with van der Waals surface area (Å²) in [6.45, 7) is 6.38. The van der Waals surface area contributed by atoms with E-state index in [1.165, 1.54) is 57.8 Å². The third kappa shape index (κ3) is 43.7. The number of rotatable bonds is 41. The summed E-state index contributed by atoms with van der Waals surface area (Å²) < 4.78 is 16.6. The van der Waals surface area contributed by atoms with Gasteiger partial charge in [-0.2, -0.15) is 0 Å². The van der Waals surface area contributed by atoms with Crippen LogP contribution in [0.5, 0.6) is 0 Å². The number of ether oxygens (including phenoxy) is 3. The average Bonchev–Trinajstić information content (AvgIpc) is 3.22. The smallest absolute Gasteiger partial charge is 0.306 e. The van der Waals surface area contributed by atoms with Gasteiger partial charge in [-0.3, -0.25) is 14.4 Å². The van der Waals surface area contributed by atoms with E-state index in [2.05, 4.69) is 106 Å². The molecule has 0 radical (unpaired) electrons. The molecule has 0 fully saturated rings. The highest BCUT2D eigenvalue weighted by Gasteiger charge is 2.19. The fourth-order valence-corrected chi connectivity index (χ4v) is 6.08. The number of carbonyl (C=O) groups is 3. The van der Waals surface area contributed by atoms with Crippen LogP contribution in [-0.2, 0) is 28.6 Å². The van der Waals surface area contributed by atoms with E-state index in [-0.39, 0.29) is 37.5 Å². The summed E-state index contributed by atoms with van der Waals surface area (Å²) >= 11 is 0. The topological polar surface area (TPSA) is 78.9 Å². The Kier molecular flexibility index (Phi) is 43.6. The largest absolute Gasteiger partial charge is 0.462 e. The van der Waals surface area contributed by atoms with Crippen molar-refractivity contribution in [1.29, 1.82) is 0 Å². The maximum atomic E-state index is 12.7. The standard InChI is InChI=1S/C52H86O6/c1-4-7-10-13-16-19-21-23-25-26-27-29-30-33-36-39-42-45-51(54)57-48-49(47-56-50(53)44-41-38-35-32-18-15-12-9-6-3)58-52(55)46-43-40-37-34-31-28-24-22-20-17-14-11-8-5-2/h7,10,14,16-17,19,22-25,27,29,33,36,49H,4-6,8-9,11-13,15,18,20-21,26,28,30-32,34-35,37-48H2,1-3H3/b10-7-,17-14-,19-16-,24-22-,25-23-,29-27-,36-33-. The summed E-state index contributed by atoms with van der Waals surface area (Å²) in [6.07, 6.45) is 58.6. The van der Waals surface area contributed by atoms with Crippen LogP contribution in [0.25, 0.3) is 0 Å². The number of hydrogen-bond acceptors (Lipinski definition) is 6. The van der Waals surface area contributed by atoms with Crippen LogP contribution in [0.2, 0.25) is 0 Å². The summed E-state index contributed by atoms with van der Waals surface area (Å²) in [5.41, 5.74) is 0. The van der Waals surface area contributed by atoms with Gasteiger partial charge in [0.25, 0.3) is 0 Å². The number of esters is 3. The number of hydrogen-bond donors (Lipinski definition) is 0. The van der Waals surface area contributed by atoms with Gasteiger partial charge >= 0.3 is 17.9 Å². The first-order chi connectivity index (χ1) is 28.5. The molecule has 0 bridgehead atoms. The third-order valence-electron chi connectivity index (χ3n) is 9.63. The van der Waals surface area contributed by atoms with Crippen molar-refractivity contribution < 1.29 is 28.6 Å². The summed E-state index contributed by atoms with van der Waals surface area (Å²) in [6, 6.07) is 0. The first-order valence-electron chi connectivity index (χ1n) is 23.6. The lowest BCUT2D eigenvalue weighted by Crippen LogP contribution is -2.30. The predicted octanol–water partition coefficient (Wildman–Crippen LogP) is 15.3. The van der Waals surface area contributed by atoms with E-state index in [9.17, 15) is 14.4 Å². The minimum atomic E-state index is -0.803. The molecule has 1 atom stereocenters. The van der Waals surface area contributed by atoms with E-state index in [0.29, 0.717) is 19.3 Å². The van der Waals surface area contributed by atoms with Gasteiger partial charge in [0, 0.05) is 19.3 Å². The Bertz CT molecular complexity index is 1160. The van der Waals surface area contributed by atoms with Crippen LogP contribution in [0.15, 0.2) is 85.1 Å². The minimum Gasteiger partial charge on any atom is -0.462 e. The van der Waals surface area contributed by atoms with Crippen molar-refractivity contribution in [3.63, 3.8) is 0 Å². The van der Waals surface area contributed by atoms with Crippen molar-refractivity contribution in [2.75, 3.05) is 13.2 Å². The van der Waals surface area contributed by atoms with Crippen LogP contribution >= 0.6 is 0 Å². The molecule has 0 aromatic carbocycles. The van der Waals surface area contributed by atoms with Crippen LogP contribution in [0.4, 0.5) is 0 Å². The Morgan fingerprint density at radius 3 is 1.17 bits per heavy atom. The maximum absolute atomic E-state index is 12.7. The van der Waals surface area contributed by atoms with E-state index < -0.39 is 6.10 Å². The molecule has 6 nitrogen and oxygen atoms in total. The molecule has 6 heteroatoms. The quantitative estimate of drug-likeness (QED) is 0.0265. The molecule has 0 heterocycles. The van der Waals surface area contributed by atoms with E-state index in [1.807, 2.05) is 0 Å². The molecule has 0 aliphatic carbocycles. The zero-order chi connectivity index (χ0) is 42.3. The zero-order valence-electron chi connectivity index (χ0n) is 37.5. The van der Waals surface area contributed by atoms with Crippen LogP contribution in [0.3, 0.4) is 0 Å². The number of unbranched alkanes of at least 4 members (excludes halogenated alkanes) is 16. The molecule has 0 aliphatic rings. The van der Waals surface area contributed by atoms with Crippen molar-refractivity contribution in [2.45, 2.75) is 213 Å². The summed E-state index contributed by atoms with van der Waals surface area (Å²) in [5, 5.41) is 0. The van der Waals surface area contributed by atoms with Gasteiger partial charge in [0.1, 0.15) is 13.2 Å². The first kappa shape index (κ1) is 54.6. The van der Waals surface area contributed by atoms with E-state index >= 15 is 0 Å². The molecule has 1 unspecified atom stereocenters. The molecule has 0 saturated heterocycles. The first-order valence-corrected chi connectivity index (χ1v) is 23.6. The van der Waals surface area contributed by atoms with Crippen molar-refractivity contribution in [3.05, 3.63) is 85.1 Å². The van der Waals surface area contributed by atoms with Crippen molar-refractivity contribution in [2.24, 2.45) is 0 Å². The Balaban J connectivity index is 4.48. The molecule has 0 saturated carbocycles. The summed E-state index contributed by atoms with van der Waals surface area (Å²) in [7, 11) is 0. The Hall–Kier alpha value is -3.41. The highest BCUT2D eigenvalue weighted by molar-refractivity contribution is 5.71. The second kappa shape index (κ2) is 46.3. The fourth-order valence-electron chi connectivity index (χ4n) is 6.08. The van der Waals surface area contributed by atoms with Gasteiger partial charge in [-0.15, -0.1) is 0 Å². The van der Waals surface area contributed by atoms with Gasteiger partial charge in [0.05, 0.1) is 0 Å². The van der Waals surface area contributed by atoms with Crippen LogP contribution in [-0.4, -0.2) is 37.2 Å². The second-order valence-corrected chi connectivity index (χ2v) is 15.3. The lowest BCUT2D eigenvalue weighted by Gasteiger charge is -2.18. The molecule has 0 aliphatic heterocycles. The molecule has 330 valence electrons. The number of carbonyl (C=O) groups excluding carboxylic acids is 3. The van der Waals surface area contributed by atoms with Crippen LogP contribution in [0, 0.1) is 0 Å². The Labute approximate surface area is 356 Å². The van der Waals surface area contributed by atoms with Gasteiger partial charge in [-0.25, -0.2) is 0 Å². The fraction of sp³-hybridized carbons (Fsp3) is 0.673. The van der Waals surface area contributed by atoms with Crippen LogP contribution in [0.1, 0.15) is 207 Å². The number of allylic oxidation sites excluding steroid dienone is 14. The molecule has 58 heavy (non-hydrogen) atoms. The normalized spacial score (nSPS) is 12.8. The van der Waals surface area contributed by atoms with Crippen LogP contribution < -0.4 is 0 Å². The van der Waals surface area contributed by atoms with Crippen molar-refractivity contribution in [3.8, 4) is 0 Å². The van der Waals surface area contributed by atoms with Gasteiger partial charge in [0.2, 0.25) is 0 Å². The van der Waals surface area contributed by atoms with E-state index in [0.717, 1.165) is 103 Å². The molecule has 0 N–H and O–H groups in total. The second-order valence-electron chi connectivity index (χ2n) is 15.3. The average molecular weight is 807 g/mol. The molecule has 0 spiro atoms. The van der Waals surface area contributed by atoms with Gasteiger partial charge in [-0.1, -0.05) is 189 Å². The van der Waals surface area contributed by atoms with Gasteiger partial charge in [0.15, 0.2) is 6.10 Å². The Morgan fingerprint density at radius 1 is 0.362 bits per heavy atom. The molecule has 0 rings (SSSR count). The lowest BCUT2D eigenvalue weighted by atomic mass is 10.1. The molecule has 0 amide bonds. The Morgan fingerprint density at radius 2 is 0.707 bits per heavy atom.